The van der Waals surface area contributed by atoms with Gasteiger partial charge in [-0.15, -0.1) is 0 Å². The fraction of sp³-hybridized carbons (Fsp3) is 0.227. The fourth-order valence-electron chi connectivity index (χ4n) is 4.00. The van der Waals surface area contributed by atoms with E-state index < -0.39 is 0 Å². The zero-order valence-electron chi connectivity index (χ0n) is 16.3. The van der Waals surface area contributed by atoms with Gasteiger partial charge in [0.15, 0.2) is 0 Å². The Morgan fingerprint density at radius 1 is 0.828 bits per heavy atom. The molecule has 146 valence electrons. The molecule has 2 aromatic carbocycles. The van der Waals surface area contributed by atoms with Gasteiger partial charge in [-0.05, 0) is 37.3 Å². The summed E-state index contributed by atoms with van der Waals surface area (Å²) in [6.07, 6.45) is 3.74. The Hall–Kier alpha value is -3.61. The molecule has 5 aromatic rings. The fourth-order valence-corrected chi connectivity index (χ4v) is 4.00. The van der Waals surface area contributed by atoms with Gasteiger partial charge in [-0.25, -0.2) is 9.78 Å². The van der Waals surface area contributed by atoms with Crippen LogP contribution in [-0.2, 0) is 26.2 Å². The van der Waals surface area contributed by atoms with Crippen LogP contribution in [0.3, 0.4) is 0 Å². The molecule has 0 saturated heterocycles. The molecule has 7 nitrogen and oxygen atoms in total. The summed E-state index contributed by atoms with van der Waals surface area (Å²) < 4.78 is 7.74. The van der Waals surface area contributed by atoms with E-state index in [0.717, 1.165) is 41.0 Å². The monoisotopic (exact) mass is 386 g/mol. The first-order chi connectivity index (χ1) is 14.3. The molecule has 0 saturated carbocycles. The van der Waals surface area contributed by atoms with Crippen LogP contribution >= 0.6 is 0 Å². The predicted molar refractivity (Wildman–Crippen MR) is 113 cm³/mol. The molecule has 0 bridgehead atoms. The van der Waals surface area contributed by atoms with Gasteiger partial charge in [-0.3, -0.25) is 13.8 Å². The predicted octanol–water partition coefficient (Wildman–Crippen LogP) is 3.12. The maximum absolute atomic E-state index is 13.1. The largest absolute Gasteiger partial charge is 0.329 e. The van der Waals surface area contributed by atoms with Gasteiger partial charge >= 0.3 is 5.69 Å². The number of aryl methyl sites for hydroxylation is 3. The lowest BCUT2D eigenvalue weighted by atomic mass is 10.3. The molecular weight excluding hydrogens is 364 g/mol. The zero-order valence-corrected chi connectivity index (χ0v) is 16.3. The molecule has 0 radical (unpaired) electrons. The van der Waals surface area contributed by atoms with Crippen molar-refractivity contribution in [2.75, 3.05) is 0 Å². The van der Waals surface area contributed by atoms with Crippen molar-refractivity contribution in [2.45, 2.75) is 33.1 Å². The first-order valence-corrected chi connectivity index (χ1v) is 9.86. The van der Waals surface area contributed by atoms with Crippen LogP contribution in [0.25, 0.3) is 22.1 Å². The van der Waals surface area contributed by atoms with Crippen molar-refractivity contribution in [2.24, 2.45) is 0 Å². The van der Waals surface area contributed by atoms with Crippen LogP contribution < -0.4 is 5.69 Å². The highest BCUT2D eigenvalue weighted by Gasteiger charge is 2.16. The van der Waals surface area contributed by atoms with Crippen molar-refractivity contribution in [3.63, 3.8) is 0 Å². The van der Waals surface area contributed by atoms with Crippen LogP contribution in [0.2, 0.25) is 0 Å². The van der Waals surface area contributed by atoms with Crippen LogP contribution in [0.15, 0.2) is 71.8 Å². The van der Waals surface area contributed by atoms with Gasteiger partial charge in [-0.2, -0.15) is 5.10 Å². The molecule has 29 heavy (non-hydrogen) atoms. The Kier molecular flexibility index (Phi) is 4.27. The highest BCUT2D eigenvalue weighted by atomic mass is 16.1. The first-order valence-electron chi connectivity index (χ1n) is 9.86. The summed E-state index contributed by atoms with van der Waals surface area (Å²) in [4.78, 5) is 17.9. The van der Waals surface area contributed by atoms with Gasteiger partial charge in [0, 0.05) is 25.5 Å². The molecule has 3 heterocycles. The van der Waals surface area contributed by atoms with E-state index >= 15 is 0 Å². The molecule has 0 amide bonds. The molecule has 3 aromatic heterocycles. The van der Waals surface area contributed by atoms with Crippen LogP contribution in [0.1, 0.15) is 12.7 Å². The highest BCUT2D eigenvalue weighted by Crippen LogP contribution is 2.19. The lowest BCUT2D eigenvalue weighted by molar-refractivity contribution is 0.521. The lowest BCUT2D eigenvalue weighted by Gasteiger charge is -2.10. The third-order valence-electron chi connectivity index (χ3n) is 5.39. The number of hydrogen-bond acceptors (Lipinski definition) is 3. The van der Waals surface area contributed by atoms with E-state index in [1.165, 1.54) is 0 Å². The molecule has 0 unspecified atom stereocenters. The summed E-state index contributed by atoms with van der Waals surface area (Å²) in [6.45, 7) is 4.55. The van der Waals surface area contributed by atoms with Crippen molar-refractivity contribution in [3.8, 4) is 0 Å². The average molecular weight is 386 g/mol. The molecule has 0 aliphatic rings. The van der Waals surface area contributed by atoms with E-state index in [4.69, 9.17) is 4.98 Å². The van der Waals surface area contributed by atoms with Gasteiger partial charge in [-0.1, -0.05) is 24.3 Å². The minimum Gasteiger partial charge on any atom is -0.325 e. The number of imidazole rings is 2. The van der Waals surface area contributed by atoms with E-state index in [0.29, 0.717) is 13.1 Å². The second kappa shape index (κ2) is 7.09. The van der Waals surface area contributed by atoms with E-state index in [2.05, 4.69) is 15.7 Å². The van der Waals surface area contributed by atoms with Crippen LogP contribution in [-0.4, -0.2) is 28.5 Å². The Morgan fingerprint density at radius 3 is 2.28 bits per heavy atom. The molecule has 7 heteroatoms. The molecule has 0 spiro atoms. The third-order valence-corrected chi connectivity index (χ3v) is 5.39. The smallest absolute Gasteiger partial charge is 0.325 e. The topological polar surface area (TPSA) is 62.6 Å². The molecular formula is C22H22N6O. The summed E-state index contributed by atoms with van der Waals surface area (Å²) in [5.74, 6) is 0.875. The van der Waals surface area contributed by atoms with Crippen LogP contribution in [0, 0.1) is 0 Å². The molecule has 0 fully saturated rings. The molecule has 0 aliphatic carbocycles. The standard InChI is InChI=1S/C22H22N6O/c1-2-26-19-10-5-6-11-20(19)28(22(26)29)16-21-24-17-8-3-4-9-18(17)27(21)15-14-25-13-7-12-23-25/h3-13H,2,14-16H2,1H3. The first kappa shape index (κ1) is 17.5. The maximum atomic E-state index is 13.1. The minimum absolute atomic E-state index is 0.000572. The molecule has 0 N–H and O–H groups in total. The summed E-state index contributed by atoms with van der Waals surface area (Å²) in [5.41, 5.74) is 3.90. The van der Waals surface area contributed by atoms with Crippen molar-refractivity contribution >= 4 is 22.1 Å². The minimum atomic E-state index is -0.000572. The SMILES string of the molecule is CCn1c(=O)n(Cc2nc3ccccc3n2CCn2cccn2)c2ccccc21. The number of rotatable bonds is 6. The van der Waals surface area contributed by atoms with Crippen molar-refractivity contribution in [1.29, 1.82) is 0 Å². The van der Waals surface area contributed by atoms with E-state index in [1.807, 2.05) is 75.5 Å². The molecule has 5 rings (SSSR count). The number of aromatic nitrogens is 6. The number of nitrogens with zero attached hydrogens (tertiary/aromatic N) is 6. The van der Waals surface area contributed by atoms with Gasteiger partial charge in [0.1, 0.15) is 5.82 Å². The van der Waals surface area contributed by atoms with Gasteiger partial charge in [0.05, 0.1) is 35.2 Å². The van der Waals surface area contributed by atoms with E-state index in [9.17, 15) is 4.79 Å². The van der Waals surface area contributed by atoms with Crippen molar-refractivity contribution in [1.82, 2.24) is 28.5 Å². The Morgan fingerprint density at radius 2 is 1.55 bits per heavy atom. The third kappa shape index (κ3) is 2.95. The molecule has 0 aliphatic heterocycles. The van der Waals surface area contributed by atoms with Crippen molar-refractivity contribution in [3.05, 3.63) is 83.3 Å². The average Bonchev–Trinajstić information content (AvgIpc) is 3.44. The normalized spacial score (nSPS) is 11.6. The molecule has 0 atom stereocenters. The van der Waals surface area contributed by atoms with E-state index in [1.54, 1.807) is 6.20 Å². The number of hydrogen-bond donors (Lipinski definition) is 0. The Bertz CT molecular complexity index is 1340. The van der Waals surface area contributed by atoms with Gasteiger partial charge in [0.2, 0.25) is 0 Å². The summed E-state index contributed by atoms with van der Waals surface area (Å²) in [5, 5.41) is 4.30. The van der Waals surface area contributed by atoms with Crippen LogP contribution in [0.5, 0.6) is 0 Å². The lowest BCUT2D eigenvalue weighted by Crippen LogP contribution is -2.25. The quantitative estimate of drug-likeness (QED) is 0.450. The number of fused-ring (bicyclic) bond motifs is 2. The zero-order chi connectivity index (χ0) is 19.8. The van der Waals surface area contributed by atoms with E-state index in [-0.39, 0.29) is 5.69 Å². The summed E-state index contributed by atoms with van der Waals surface area (Å²) in [6, 6.07) is 18.0. The summed E-state index contributed by atoms with van der Waals surface area (Å²) >= 11 is 0. The maximum Gasteiger partial charge on any atom is 0.329 e. The van der Waals surface area contributed by atoms with Gasteiger partial charge in [0.25, 0.3) is 0 Å². The summed E-state index contributed by atoms with van der Waals surface area (Å²) in [7, 11) is 0. The van der Waals surface area contributed by atoms with Crippen LogP contribution in [0.4, 0.5) is 0 Å². The van der Waals surface area contributed by atoms with Gasteiger partial charge < -0.3 is 4.57 Å². The Labute approximate surface area is 167 Å². The number of benzene rings is 2. The number of para-hydroxylation sites is 4. The van der Waals surface area contributed by atoms with Crippen molar-refractivity contribution < 1.29 is 0 Å². The highest BCUT2D eigenvalue weighted by molar-refractivity contribution is 5.77. The second-order valence-corrected chi connectivity index (χ2v) is 7.04. The Balaban J connectivity index is 1.61. The second-order valence-electron chi connectivity index (χ2n) is 7.04.